The maximum absolute atomic E-state index is 13.2. The van der Waals surface area contributed by atoms with Crippen molar-refractivity contribution in [1.29, 1.82) is 0 Å². The van der Waals surface area contributed by atoms with Crippen LogP contribution in [0.5, 0.6) is 5.75 Å². The third kappa shape index (κ3) is 4.18. The van der Waals surface area contributed by atoms with Crippen molar-refractivity contribution < 1.29 is 22.7 Å². The molecule has 4 heterocycles. The first-order valence-corrected chi connectivity index (χ1v) is 11.4. The van der Waals surface area contributed by atoms with E-state index in [1.807, 2.05) is 0 Å². The second-order valence-electron chi connectivity index (χ2n) is 8.83. The minimum Gasteiger partial charge on any atom is -0.406 e. The van der Waals surface area contributed by atoms with Gasteiger partial charge in [-0.05, 0) is 56.0 Å². The maximum Gasteiger partial charge on any atom is 0.573 e. The summed E-state index contributed by atoms with van der Waals surface area (Å²) in [6, 6.07) is 5.71. The van der Waals surface area contributed by atoms with Crippen molar-refractivity contribution in [1.82, 2.24) is 19.0 Å². The number of pyridine rings is 1. The molecule has 1 amide bonds. The molecule has 0 radical (unpaired) electrons. The van der Waals surface area contributed by atoms with Gasteiger partial charge in [0.05, 0.1) is 10.5 Å². The number of aryl methyl sites for hydroxylation is 1. The van der Waals surface area contributed by atoms with E-state index in [-0.39, 0.29) is 29.6 Å². The van der Waals surface area contributed by atoms with Gasteiger partial charge in [0.2, 0.25) is 0 Å². The Hall–Kier alpha value is -3.34. The lowest BCUT2D eigenvalue weighted by atomic mass is 9.95. The van der Waals surface area contributed by atoms with Crippen molar-refractivity contribution >= 4 is 28.7 Å². The quantitative estimate of drug-likeness (QED) is 0.504. The molecule has 35 heavy (non-hydrogen) atoms. The fourth-order valence-electron chi connectivity index (χ4n) is 5.28. The Morgan fingerprint density at radius 1 is 1.06 bits per heavy atom. The van der Waals surface area contributed by atoms with Crippen LogP contribution >= 0.6 is 11.6 Å². The van der Waals surface area contributed by atoms with Crippen LogP contribution in [-0.4, -0.2) is 43.4 Å². The third-order valence-electron chi connectivity index (χ3n) is 6.75. The van der Waals surface area contributed by atoms with Crippen LogP contribution in [0.4, 0.5) is 13.2 Å². The SMILES string of the molecule is Cn1c(=O)c(=O)n([C@@H]2C[C@H]3CC[C@@H](C2)N3C(=O)c2ccc(OC(F)(F)F)cc2)c2ncc(Cl)cc21. The fraction of sp³-hybridized carbons (Fsp3) is 0.391. The van der Waals surface area contributed by atoms with Crippen molar-refractivity contribution in [2.75, 3.05) is 0 Å². The Balaban J connectivity index is 1.43. The van der Waals surface area contributed by atoms with Crippen LogP contribution < -0.4 is 15.9 Å². The van der Waals surface area contributed by atoms with E-state index in [0.29, 0.717) is 29.0 Å². The van der Waals surface area contributed by atoms with E-state index in [0.717, 1.165) is 25.0 Å². The predicted octanol–water partition coefficient (Wildman–Crippen LogP) is 3.66. The Morgan fingerprint density at radius 2 is 1.69 bits per heavy atom. The summed E-state index contributed by atoms with van der Waals surface area (Å²) in [5, 5.41) is 0.338. The van der Waals surface area contributed by atoms with Gasteiger partial charge in [-0.1, -0.05) is 11.6 Å². The summed E-state index contributed by atoms with van der Waals surface area (Å²) < 4.78 is 43.8. The van der Waals surface area contributed by atoms with Crippen molar-refractivity contribution in [2.45, 2.75) is 50.2 Å². The molecule has 5 rings (SSSR count). The van der Waals surface area contributed by atoms with Crippen LogP contribution in [0.25, 0.3) is 11.2 Å². The van der Waals surface area contributed by atoms with Gasteiger partial charge < -0.3 is 14.2 Å². The van der Waals surface area contributed by atoms with Crippen LogP contribution in [0, 0.1) is 0 Å². The van der Waals surface area contributed by atoms with Crippen LogP contribution in [0.2, 0.25) is 5.02 Å². The summed E-state index contributed by atoms with van der Waals surface area (Å²) in [6.07, 6.45) is -1.05. The van der Waals surface area contributed by atoms with Crippen LogP contribution in [0.1, 0.15) is 42.1 Å². The van der Waals surface area contributed by atoms with E-state index >= 15 is 0 Å². The number of hydrogen-bond donors (Lipinski definition) is 0. The van der Waals surface area contributed by atoms with Crippen molar-refractivity contribution in [3.8, 4) is 5.75 Å². The fourth-order valence-corrected chi connectivity index (χ4v) is 5.44. The van der Waals surface area contributed by atoms with Gasteiger partial charge in [0.25, 0.3) is 5.91 Å². The molecule has 3 aromatic rings. The van der Waals surface area contributed by atoms with Crippen LogP contribution in [-0.2, 0) is 7.05 Å². The van der Waals surface area contributed by atoms with Gasteiger partial charge in [-0.25, -0.2) is 4.98 Å². The first kappa shape index (κ1) is 23.4. The molecule has 12 heteroatoms. The normalized spacial score (nSPS) is 22.0. The maximum atomic E-state index is 13.2. The molecule has 2 bridgehead atoms. The number of carbonyl (C=O) groups is 1. The number of halogens is 4. The monoisotopic (exact) mass is 508 g/mol. The molecule has 0 spiro atoms. The number of aromatic nitrogens is 3. The van der Waals surface area contributed by atoms with E-state index in [1.54, 1.807) is 11.0 Å². The molecule has 0 aliphatic carbocycles. The average molecular weight is 509 g/mol. The zero-order chi connectivity index (χ0) is 25.1. The molecule has 2 aromatic heterocycles. The predicted molar refractivity (Wildman–Crippen MR) is 121 cm³/mol. The number of piperidine rings is 1. The van der Waals surface area contributed by atoms with E-state index < -0.39 is 23.2 Å². The molecular formula is C23H20ClF3N4O4. The zero-order valence-corrected chi connectivity index (χ0v) is 19.2. The first-order chi connectivity index (χ1) is 16.5. The molecule has 184 valence electrons. The lowest BCUT2D eigenvalue weighted by molar-refractivity contribution is -0.274. The third-order valence-corrected chi connectivity index (χ3v) is 6.96. The minimum absolute atomic E-state index is 0.185. The molecule has 0 saturated carbocycles. The molecule has 2 aliphatic rings. The average Bonchev–Trinajstić information content (AvgIpc) is 3.06. The van der Waals surface area contributed by atoms with Crippen molar-refractivity contribution in [3.05, 3.63) is 67.8 Å². The van der Waals surface area contributed by atoms with Crippen LogP contribution in [0.15, 0.2) is 46.1 Å². The highest BCUT2D eigenvalue weighted by molar-refractivity contribution is 6.31. The van der Waals surface area contributed by atoms with E-state index in [1.165, 1.54) is 34.5 Å². The van der Waals surface area contributed by atoms with Gasteiger partial charge in [0, 0.05) is 36.9 Å². The van der Waals surface area contributed by atoms with Gasteiger partial charge in [-0.15, -0.1) is 13.2 Å². The Kier molecular flexibility index (Phi) is 5.62. The Morgan fingerprint density at radius 3 is 2.29 bits per heavy atom. The number of benzene rings is 1. The number of fused-ring (bicyclic) bond motifs is 3. The van der Waals surface area contributed by atoms with E-state index in [2.05, 4.69) is 9.72 Å². The van der Waals surface area contributed by atoms with E-state index in [4.69, 9.17) is 11.6 Å². The summed E-state index contributed by atoms with van der Waals surface area (Å²) >= 11 is 6.06. The molecule has 1 aromatic carbocycles. The molecule has 0 unspecified atom stereocenters. The number of alkyl halides is 3. The highest BCUT2D eigenvalue weighted by atomic mass is 35.5. The molecule has 2 fully saturated rings. The lowest BCUT2D eigenvalue weighted by Gasteiger charge is -2.39. The smallest absolute Gasteiger partial charge is 0.406 e. The van der Waals surface area contributed by atoms with Gasteiger partial charge in [-0.3, -0.25) is 19.0 Å². The number of ether oxygens (including phenoxy) is 1. The zero-order valence-electron chi connectivity index (χ0n) is 18.5. The van der Waals surface area contributed by atoms with Crippen LogP contribution in [0.3, 0.4) is 0 Å². The van der Waals surface area contributed by atoms with E-state index in [9.17, 15) is 27.6 Å². The molecule has 8 nitrogen and oxygen atoms in total. The Labute approximate surface area is 201 Å². The number of carbonyl (C=O) groups excluding carboxylic acids is 1. The summed E-state index contributed by atoms with van der Waals surface area (Å²) in [7, 11) is 1.49. The molecule has 2 aliphatic heterocycles. The number of hydrogen-bond acceptors (Lipinski definition) is 5. The largest absolute Gasteiger partial charge is 0.573 e. The first-order valence-electron chi connectivity index (χ1n) is 11.0. The van der Waals surface area contributed by atoms with Crippen molar-refractivity contribution in [2.24, 2.45) is 7.05 Å². The van der Waals surface area contributed by atoms with Gasteiger partial charge >= 0.3 is 17.5 Å². The van der Waals surface area contributed by atoms with Gasteiger partial charge in [0.15, 0.2) is 5.65 Å². The molecule has 2 saturated heterocycles. The van der Waals surface area contributed by atoms with Gasteiger partial charge in [0.1, 0.15) is 5.75 Å². The highest BCUT2D eigenvalue weighted by Gasteiger charge is 2.44. The summed E-state index contributed by atoms with van der Waals surface area (Å²) in [5.74, 6) is -0.694. The standard InChI is InChI=1S/C23H20ClF3N4O4/c1-29-18-8-13(24)11-28-19(18)31(22(34)21(29)33)16-9-14-4-5-15(10-16)30(14)20(32)12-2-6-17(7-3-12)35-23(25,26)27/h2-3,6-8,11,14-16H,4-5,9-10H2,1H3/t14-,15+,16-. The minimum atomic E-state index is -4.81. The van der Waals surface area contributed by atoms with Gasteiger partial charge in [-0.2, -0.15) is 0 Å². The summed E-state index contributed by atoms with van der Waals surface area (Å²) in [5.41, 5.74) is -0.324. The Bertz CT molecular complexity index is 1420. The molecule has 3 atom stereocenters. The lowest BCUT2D eigenvalue weighted by Crippen LogP contribution is -2.50. The van der Waals surface area contributed by atoms with Crippen molar-refractivity contribution in [3.63, 3.8) is 0 Å². The second kappa shape index (κ2) is 8.40. The number of amides is 1. The number of nitrogens with zero attached hydrogens (tertiary/aromatic N) is 4. The topological polar surface area (TPSA) is 86.4 Å². The summed E-state index contributed by atoms with van der Waals surface area (Å²) in [6.45, 7) is 0. The second-order valence-corrected chi connectivity index (χ2v) is 9.27. The number of rotatable bonds is 3. The molecular weight excluding hydrogens is 489 g/mol. The molecule has 0 N–H and O–H groups in total. The highest BCUT2D eigenvalue weighted by Crippen LogP contribution is 2.42. The summed E-state index contributed by atoms with van der Waals surface area (Å²) in [4.78, 5) is 44.9.